The zero-order valence-corrected chi connectivity index (χ0v) is 11.6. The molecule has 0 bridgehead atoms. The number of carbonyl (C=O) groups is 1. The van der Waals surface area contributed by atoms with Gasteiger partial charge < -0.3 is 9.73 Å². The molecular formula is C15H16ClNO2. The van der Waals surface area contributed by atoms with E-state index in [1.807, 2.05) is 30.3 Å². The van der Waals surface area contributed by atoms with E-state index in [9.17, 15) is 4.79 Å². The van der Waals surface area contributed by atoms with Gasteiger partial charge in [0, 0.05) is 0 Å². The zero-order valence-electron chi connectivity index (χ0n) is 10.9. The number of hydrogen-bond acceptors (Lipinski definition) is 2. The summed E-state index contributed by atoms with van der Waals surface area (Å²) in [6.45, 7) is 4.13. The lowest BCUT2D eigenvalue weighted by Crippen LogP contribution is -2.31. The molecule has 0 saturated heterocycles. The number of benzene rings is 1. The van der Waals surface area contributed by atoms with Gasteiger partial charge in [-0.15, -0.1) is 0 Å². The van der Waals surface area contributed by atoms with Crippen LogP contribution in [0.3, 0.4) is 0 Å². The van der Waals surface area contributed by atoms with Gasteiger partial charge in [0.25, 0.3) is 5.91 Å². The molecule has 1 N–H and O–H groups in total. The van der Waals surface area contributed by atoms with Crippen molar-refractivity contribution in [2.45, 2.75) is 19.9 Å². The quantitative estimate of drug-likeness (QED) is 0.916. The smallest absolute Gasteiger partial charge is 0.256 e. The standard InChI is InChI=1S/C15H16ClNO2/c1-10(2)13(11-6-4-3-5-7-11)17-15(18)12-8-9-19-14(12)16/h3-10,13H,1-2H3,(H,17,18). The van der Waals surface area contributed by atoms with Crippen molar-refractivity contribution in [2.75, 3.05) is 0 Å². The van der Waals surface area contributed by atoms with Crippen LogP contribution in [0.1, 0.15) is 35.8 Å². The van der Waals surface area contributed by atoms with Crippen LogP contribution in [0.2, 0.25) is 5.22 Å². The second kappa shape index (κ2) is 5.93. The van der Waals surface area contributed by atoms with Crippen LogP contribution >= 0.6 is 11.6 Å². The third kappa shape index (κ3) is 3.18. The van der Waals surface area contributed by atoms with Gasteiger partial charge in [-0.1, -0.05) is 44.2 Å². The van der Waals surface area contributed by atoms with Gasteiger partial charge in [0.15, 0.2) is 0 Å². The average Bonchev–Trinajstić information content (AvgIpc) is 2.82. The molecule has 0 aliphatic carbocycles. The fourth-order valence-corrected chi connectivity index (χ4v) is 2.17. The molecule has 1 aromatic heterocycles. The van der Waals surface area contributed by atoms with Crippen molar-refractivity contribution in [3.63, 3.8) is 0 Å². The van der Waals surface area contributed by atoms with E-state index in [4.69, 9.17) is 16.0 Å². The number of rotatable bonds is 4. The molecule has 1 atom stereocenters. The highest BCUT2D eigenvalue weighted by Crippen LogP contribution is 2.23. The lowest BCUT2D eigenvalue weighted by Gasteiger charge is -2.22. The molecule has 19 heavy (non-hydrogen) atoms. The highest BCUT2D eigenvalue weighted by atomic mass is 35.5. The lowest BCUT2D eigenvalue weighted by atomic mass is 9.96. The molecule has 0 spiro atoms. The first-order chi connectivity index (χ1) is 9.09. The van der Waals surface area contributed by atoms with Crippen molar-refractivity contribution in [1.82, 2.24) is 5.32 Å². The normalized spacial score (nSPS) is 12.4. The molecule has 1 unspecified atom stereocenters. The maximum atomic E-state index is 12.2. The predicted molar refractivity (Wildman–Crippen MR) is 75.2 cm³/mol. The molecule has 1 aromatic carbocycles. The van der Waals surface area contributed by atoms with E-state index in [2.05, 4.69) is 19.2 Å². The van der Waals surface area contributed by atoms with Crippen LogP contribution < -0.4 is 5.32 Å². The van der Waals surface area contributed by atoms with E-state index in [1.54, 1.807) is 6.07 Å². The Hall–Kier alpha value is -1.74. The Kier molecular flexibility index (Phi) is 4.27. The highest BCUT2D eigenvalue weighted by molar-refractivity contribution is 6.32. The maximum Gasteiger partial charge on any atom is 0.256 e. The van der Waals surface area contributed by atoms with Gasteiger partial charge >= 0.3 is 0 Å². The summed E-state index contributed by atoms with van der Waals surface area (Å²) in [5.41, 5.74) is 1.44. The van der Waals surface area contributed by atoms with Crippen molar-refractivity contribution in [1.29, 1.82) is 0 Å². The van der Waals surface area contributed by atoms with Gasteiger partial charge in [-0.2, -0.15) is 0 Å². The average molecular weight is 278 g/mol. The minimum absolute atomic E-state index is 0.0559. The molecule has 1 amide bonds. The van der Waals surface area contributed by atoms with Crippen LogP contribution in [0.4, 0.5) is 0 Å². The van der Waals surface area contributed by atoms with Crippen molar-refractivity contribution in [2.24, 2.45) is 5.92 Å². The lowest BCUT2D eigenvalue weighted by molar-refractivity contribution is 0.0925. The summed E-state index contributed by atoms with van der Waals surface area (Å²) < 4.78 is 4.94. The number of halogens is 1. The fourth-order valence-electron chi connectivity index (χ4n) is 1.97. The molecule has 0 radical (unpaired) electrons. The van der Waals surface area contributed by atoms with Crippen molar-refractivity contribution in [3.05, 3.63) is 59.0 Å². The summed E-state index contributed by atoms with van der Waals surface area (Å²) in [4.78, 5) is 12.2. The Bertz CT molecular complexity index is 548. The molecule has 0 aliphatic heterocycles. The molecule has 2 rings (SSSR count). The van der Waals surface area contributed by atoms with E-state index in [0.717, 1.165) is 5.56 Å². The van der Waals surface area contributed by atoms with Crippen LogP contribution in [0.5, 0.6) is 0 Å². The first-order valence-electron chi connectivity index (χ1n) is 6.18. The molecule has 1 heterocycles. The summed E-state index contributed by atoms with van der Waals surface area (Å²) in [6, 6.07) is 11.4. The molecule has 0 aliphatic rings. The van der Waals surface area contributed by atoms with Crippen LogP contribution in [0, 0.1) is 5.92 Å². The Morgan fingerprint density at radius 3 is 2.42 bits per heavy atom. The molecule has 3 nitrogen and oxygen atoms in total. The molecule has 2 aromatic rings. The molecule has 0 saturated carbocycles. The Morgan fingerprint density at radius 1 is 1.21 bits per heavy atom. The Labute approximate surface area is 117 Å². The summed E-state index contributed by atoms with van der Waals surface area (Å²) in [7, 11) is 0. The van der Waals surface area contributed by atoms with Crippen LogP contribution in [0.15, 0.2) is 47.1 Å². The SMILES string of the molecule is CC(C)C(NC(=O)c1ccoc1Cl)c1ccccc1. The minimum atomic E-state index is -0.221. The summed E-state index contributed by atoms with van der Waals surface area (Å²) in [5.74, 6) is 0.0540. The van der Waals surface area contributed by atoms with E-state index < -0.39 is 0 Å². The van der Waals surface area contributed by atoms with E-state index in [1.165, 1.54) is 6.26 Å². The molecule has 4 heteroatoms. The third-order valence-electron chi connectivity index (χ3n) is 2.97. The van der Waals surface area contributed by atoms with E-state index in [0.29, 0.717) is 5.56 Å². The van der Waals surface area contributed by atoms with Crippen LogP contribution in [0.25, 0.3) is 0 Å². The minimum Gasteiger partial charge on any atom is -0.452 e. The van der Waals surface area contributed by atoms with Gasteiger partial charge in [0.2, 0.25) is 5.22 Å². The van der Waals surface area contributed by atoms with E-state index in [-0.39, 0.29) is 23.1 Å². The van der Waals surface area contributed by atoms with Gasteiger partial charge in [-0.25, -0.2) is 0 Å². The predicted octanol–water partition coefficient (Wildman–Crippen LogP) is 4.06. The first kappa shape index (κ1) is 13.7. The second-order valence-corrected chi connectivity index (χ2v) is 5.06. The Morgan fingerprint density at radius 2 is 1.89 bits per heavy atom. The van der Waals surface area contributed by atoms with Gasteiger partial charge in [0.05, 0.1) is 17.9 Å². The first-order valence-corrected chi connectivity index (χ1v) is 6.56. The second-order valence-electron chi connectivity index (χ2n) is 4.71. The Balaban J connectivity index is 2.19. The molecule has 0 fully saturated rings. The van der Waals surface area contributed by atoms with E-state index >= 15 is 0 Å². The fraction of sp³-hybridized carbons (Fsp3) is 0.267. The number of nitrogens with one attached hydrogen (secondary N) is 1. The van der Waals surface area contributed by atoms with Gasteiger partial charge in [-0.05, 0) is 29.1 Å². The van der Waals surface area contributed by atoms with Crippen molar-refractivity contribution < 1.29 is 9.21 Å². The van der Waals surface area contributed by atoms with Crippen molar-refractivity contribution in [3.8, 4) is 0 Å². The monoisotopic (exact) mass is 277 g/mol. The maximum absolute atomic E-state index is 12.2. The van der Waals surface area contributed by atoms with Crippen LogP contribution in [-0.2, 0) is 0 Å². The van der Waals surface area contributed by atoms with Crippen LogP contribution in [-0.4, -0.2) is 5.91 Å². The third-order valence-corrected chi connectivity index (χ3v) is 3.27. The molecule has 100 valence electrons. The largest absolute Gasteiger partial charge is 0.452 e. The highest BCUT2D eigenvalue weighted by Gasteiger charge is 2.21. The number of hydrogen-bond donors (Lipinski definition) is 1. The number of carbonyl (C=O) groups excluding carboxylic acids is 1. The zero-order chi connectivity index (χ0) is 13.8. The summed E-state index contributed by atoms with van der Waals surface area (Å²) >= 11 is 5.82. The van der Waals surface area contributed by atoms with Gasteiger partial charge in [0.1, 0.15) is 0 Å². The van der Waals surface area contributed by atoms with Gasteiger partial charge in [-0.3, -0.25) is 4.79 Å². The topological polar surface area (TPSA) is 42.2 Å². The van der Waals surface area contributed by atoms with Crippen molar-refractivity contribution >= 4 is 17.5 Å². The summed E-state index contributed by atoms with van der Waals surface area (Å²) in [6.07, 6.45) is 1.41. The number of furan rings is 1. The number of amides is 1. The molecular weight excluding hydrogens is 262 g/mol. The summed E-state index contributed by atoms with van der Waals surface area (Å²) in [5, 5.41) is 3.11.